The van der Waals surface area contributed by atoms with E-state index in [0.717, 1.165) is 5.56 Å². The number of aromatic nitrogens is 2. The summed E-state index contributed by atoms with van der Waals surface area (Å²) in [6.45, 7) is 5.62. The summed E-state index contributed by atoms with van der Waals surface area (Å²) in [6.07, 6.45) is 0. The summed E-state index contributed by atoms with van der Waals surface area (Å²) in [5.74, 6) is 6.43. The van der Waals surface area contributed by atoms with E-state index in [1.807, 2.05) is 13.8 Å². The molecule has 1 aromatic heterocycles. The van der Waals surface area contributed by atoms with E-state index in [4.69, 9.17) is 5.84 Å². The number of nitrogens with zero attached hydrogens (tertiary/aromatic N) is 3. The highest BCUT2D eigenvalue weighted by Crippen LogP contribution is 2.30. The van der Waals surface area contributed by atoms with Crippen LogP contribution in [0.2, 0.25) is 0 Å². The molecule has 100 valence electrons. The molecule has 1 aromatic carbocycles. The van der Waals surface area contributed by atoms with Crippen molar-refractivity contribution in [3.63, 3.8) is 0 Å². The average molecular weight is 261 g/mol. The number of hydrazine groups is 1. The van der Waals surface area contributed by atoms with Gasteiger partial charge in [0.15, 0.2) is 11.3 Å². The molecule has 0 unspecified atom stereocenters. The van der Waals surface area contributed by atoms with E-state index < -0.39 is 4.92 Å². The van der Waals surface area contributed by atoms with Crippen molar-refractivity contribution >= 4 is 22.4 Å². The van der Waals surface area contributed by atoms with Gasteiger partial charge in [-0.15, -0.1) is 0 Å². The highest BCUT2D eigenvalue weighted by atomic mass is 16.6. The van der Waals surface area contributed by atoms with E-state index >= 15 is 0 Å². The number of benzene rings is 1. The lowest BCUT2D eigenvalue weighted by Gasteiger charge is -2.10. The molecule has 0 radical (unpaired) electrons. The highest BCUT2D eigenvalue weighted by Gasteiger charge is 2.19. The Bertz CT molecular complexity index is 654. The molecular formula is C12H15N5O2. The zero-order valence-corrected chi connectivity index (χ0v) is 11.0. The third-order valence-corrected chi connectivity index (χ3v) is 2.79. The zero-order chi connectivity index (χ0) is 14.2. The van der Waals surface area contributed by atoms with Gasteiger partial charge in [-0.05, 0) is 18.6 Å². The van der Waals surface area contributed by atoms with Crippen molar-refractivity contribution in [3.05, 3.63) is 33.6 Å². The van der Waals surface area contributed by atoms with Gasteiger partial charge in [-0.3, -0.25) is 10.1 Å². The van der Waals surface area contributed by atoms with E-state index in [9.17, 15) is 10.1 Å². The Labute approximate surface area is 110 Å². The number of rotatable bonds is 3. The van der Waals surface area contributed by atoms with E-state index in [2.05, 4.69) is 15.4 Å². The van der Waals surface area contributed by atoms with Crippen molar-refractivity contribution in [2.75, 3.05) is 5.43 Å². The largest absolute Gasteiger partial charge is 0.308 e. The summed E-state index contributed by atoms with van der Waals surface area (Å²) in [5, 5.41) is 11.7. The van der Waals surface area contributed by atoms with Crippen molar-refractivity contribution in [1.29, 1.82) is 0 Å². The second-order valence-electron chi connectivity index (χ2n) is 4.67. The summed E-state index contributed by atoms with van der Waals surface area (Å²) in [4.78, 5) is 19.3. The number of aryl methyl sites for hydroxylation is 1. The number of nitrogens with two attached hydrogens (primary N) is 1. The van der Waals surface area contributed by atoms with E-state index in [0.29, 0.717) is 22.5 Å². The van der Waals surface area contributed by atoms with Gasteiger partial charge in [0.2, 0.25) is 0 Å². The highest BCUT2D eigenvalue weighted by molar-refractivity contribution is 5.95. The van der Waals surface area contributed by atoms with Crippen LogP contribution in [-0.2, 0) is 0 Å². The monoisotopic (exact) mass is 261 g/mol. The molecule has 0 amide bonds. The number of nitrogens with one attached hydrogen (secondary N) is 1. The molecule has 7 heteroatoms. The number of hydrogen-bond acceptors (Lipinski definition) is 6. The molecule has 0 fully saturated rings. The molecule has 0 aliphatic heterocycles. The Morgan fingerprint density at radius 3 is 2.58 bits per heavy atom. The normalized spacial score (nSPS) is 11.0. The summed E-state index contributed by atoms with van der Waals surface area (Å²) in [6, 6.07) is 3.28. The van der Waals surface area contributed by atoms with Crippen LogP contribution in [0, 0.1) is 17.0 Å². The number of nitro benzene ring substituents is 1. The van der Waals surface area contributed by atoms with Crippen LogP contribution >= 0.6 is 0 Å². The minimum absolute atomic E-state index is 0.0317. The van der Waals surface area contributed by atoms with Crippen LogP contribution in [0.25, 0.3) is 10.9 Å². The Morgan fingerprint density at radius 1 is 1.37 bits per heavy atom. The topological polar surface area (TPSA) is 107 Å². The predicted molar refractivity (Wildman–Crippen MR) is 72.8 cm³/mol. The van der Waals surface area contributed by atoms with Crippen molar-refractivity contribution in [2.45, 2.75) is 26.7 Å². The van der Waals surface area contributed by atoms with E-state index in [-0.39, 0.29) is 11.6 Å². The fraction of sp³-hybridized carbons (Fsp3) is 0.333. The third kappa shape index (κ3) is 2.32. The van der Waals surface area contributed by atoms with Crippen LogP contribution in [-0.4, -0.2) is 14.9 Å². The molecular weight excluding hydrogens is 246 g/mol. The van der Waals surface area contributed by atoms with Gasteiger partial charge in [0, 0.05) is 12.0 Å². The molecule has 0 aliphatic carbocycles. The number of fused-ring (bicyclic) bond motifs is 1. The number of hydrogen-bond donors (Lipinski definition) is 2. The molecule has 3 N–H and O–H groups in total. The van der Waals surface area contributed by atoms with Gasteiger partial charge >= 0.3 is 0 Å². The van der Waals surface area contributed by atoms with Gasteiger partial charge in [0.25, 0.3) is 5.69 Å². The van der Waals surface area contributed by atoms with Crippen LogP contribution in [0.3, 0.4) is 0 Å². The molecule has 1 heterocycles. The maximum absolute atomic E-state index is 11.1. The first-order chi connectivity index (χ1) is 8.93. The van der Waals surface area contributed by atoms with Crippen LogP contribution < -0.4 is 11.3 Å². The fourth-order valence-corrected chi connectivity index (χ4v) is 1.88. The van der Waals surface area contributed by atoms with Gasteiger partial charge in [-0.2, -0.15) is 0 Å². The number of nitrogen functional groups attached to an aromatic ring is 1. The van der Waals surface area contributed by atoms with Crippen LogP contribution in [0.1, 0.15) is 31.2 Å². The van der Waals surface area contributed by atoms with Crippen molar-refractivity contribution < 1.29 is 4.92 Å². The third-order valence-electron chi connectivity index (χ3n) is 2.79. The Kier molecular flexibility index (Phi) is 3.30. The average Bonchev–Trinajstić information content (AvgIpc) is 2.36. The lowest BCUT2D eigenvalue weighted by atomic mass is 10.1. The molecule has 0 saturated carbocycles. The molecule has 7 nitrogen and oxygen atoms in total. The summed E-state index contributed by atoms with van der Waals surface area (Å²) in [7, 11) is 0. The number of anilines is 1. The number of non-ortho nitro benzene ring substituents is 1. The van der Waals surface area contributed by atoms with Gasteiger partial charge in [0.1, 0.15) is 5.82 Å². The van der Waals surface area contributed by atoms with Gasteiger partial charge in [-0.25, -0.2) is 15.8 Å². The standard InChI is InChI=1S/C12H15N5O2/c1-6(2)11-14-10-8(12(15-11)16-13)4-7(3)5-9(10)17(18)19/h4-6H,13H2,1-3H3,(H,14,15,16). The van der Waals surface area contributed by atoms with Crippen LogP contribution in [0.5, 0.6) is 0 Å². The SMILES string of the molecule is Cc1cc([N+](=O)[O-])c2nc(C(C)C)nc(NN)c2c1. The molecule has 19 heavy (non-hydrogen) atoms. The smallest absolute Gasteiger partial charge is 0.295 e. The molecule has 0 aliphatic rings. The Hall–Kier alpha value is -2.28. The van der Waals surface area contributed by atoms with Crippen LogP contribution in [0.4, 0.5) is 11.5 Å². The summed E-state index contributed by atoms with van der Waals surface area (Å²) < 4.78 is 0. The summed E-state index contributed by atoms with van der Waals surface area (Å²) in [5.41, 5.74) is 3.52. The molecule has 0 atom stereocenters. The minimum atomic E-state index is -0.438. The maximum Gasteiger partial charge on any atom is 0.295 e. The first kappa shape index (κ1) is 13.2. The Balaban J connectivity index is 2.89. The number of nitro groups is 1. The zero-order valence-electron chi connectivity index (χ0n) is 11.0. The molecule has 0 saturated heterocycles. The quantitative estimate of drug-likeness (QED) is 0.498. The van der Waals surface area contributed by atoms with Gasteiger partial charge in [0.05, 0.1) is 10.3 Å². The second-order valence-corrected chi connectivity index (χ2v) is 4.67. The van der Waals surface area contributed by atoms with Crippen LogP contribution in [0.15, 0.2) is 12.1 Å². The molecule has 2 aromatic rings. The predicted octanol–water partition coefficient (Wildman–Crippen LogP) is 2.26. The van der Waals surface area contributed by atoms with E-state index in [1.165, 1.54) is 6.07 Å². The van der Waals surface area contributed by atoms with Crippen molar-refractivity contribution in [1.82, 2.24) is 9.97 Å². The lowest BCUT2D eigenvalue weighted by Crippen LogP contribution is -2.12. The molecule has 2 rings (SSSR count). The first-order valence-electron chi connectivity index (χ1n) is 5.87. The minimum Gasteiger partial charge on any atom is -0.308 e. The first-order valence-corrected chi connectivity index (χ1v) is 5.87. The molecule has 0 bridgehead atoms. The fourth-order valence-electron chi connectivity index (χ4n) is 1.88. The lowest BCUT2D eigenvalue weighted by molar-refractivity contribution is -0.383. The second kappa shape index (κ2) is 4.77. The molecule has 0 spiro atoms. The van der Waals surface area contributed by atoms with Gasteiger partial charge < -0.3 is 5.43 Å². The van der Waals surface area contributed by atoms with E-state index in [1.54, 1.807) is 13.0 Å². The van der Waals surface area contributed by atoms with Crippen molar-refractivity contribution in [3.8, 4) is 0 Å². The van der Waals surface area contributed by atoms with Crippen molar-refractivity contribution in [2.24, 2.45) is 5.84 Å². The Morgan fingerprint density at radius 2 is 2.05 bits per heavy atom. The summed E-state index contributed by atoms with van der Waals surface area (Å²) >= 11 is 0. The maximum atomic E-state index is 11.1. The van der Waals surface area contributed by atoms with Gasteiger partial charge in [-0.1, -0.05) is 13.8 Å².